The van der Waals surface area contributed by atoms with Gasteiger partial charge in [0.05, 0.1) is 0 Å². The molecule has 2 aliphatic rings. The number of aromatic nitrogens is 1. The number of aryl methyl sites for hydroxylation is 1. The standard InChI is InChI=1S/C21H19BrN2O2/c1-12-2-4-13(5-3-12)10-18-20-19-15(8-9-24(20)21(25)26-18)16-11-14(22)6-7-17(16)23-19/h2-7,11,18,20,23H,8-10H2,1H3/t18-,20+/m1/s1. The second-order valence-electron chi connectivity index (χ2n) is 7.21. The summed E-state index contributed by atoms with van der Waals surface area (Å²) in [5.41, 5.74) is 6.00. The number of ether oxygens (including phenoxy) is 1. The number of benzene rings is 2. The average molecular weight is 411 g/mol. The number of amides is 1. The van der Waals surface area contributed by atoms with Crippen LogP contribution >= 0.6 is 15.9 Å². The third kappa shape index (κ3) is 2.45. The zero-order valence-electron chi connectivity index (χ0n) is 14.5. The number of hydrogen-bond donors (Lipinski definition) is 1. The van der Waals surface area contributed by atoms with Gasteiger partial charge in [-0.05, 0) is 42.7 Å². The third-order valence-electron chi connectivity index (χ3n) is 5.53. The molecule has 3 heterocycles. The maximum Gasteiger partial charge on any atom is 0.410 e. The Morgan fingerprint density at radius 3 is 2.85 bits per heavy atom. The number of carbonyl (C=O) groups excluding carboxylic acids is 1. The number of nitrogens with one attached hydrogen (secondary N) is 1. The van der Waals surface area contributed by atoms with Crippen LogP contribution in [0.25, 0.3) is 10.9 Å². The van der Waals surface area contributed by atoms with Gasteiger partial charge in [-0.3, -0.25) is 4.90 Å². The van der Waals surface area contributed by atoms with Gasteiger partial charge in [0, 0.05) is 34.0 Å². The second kappa shape index (κ2) is 5.88. The highest BCUT2D eigenvalue weighted by atomic mass is 79.9. The smallest absolute Gasteiger partial charge is 0.410 e. The van der Waals surface area contributed by atoms with Crippen LogP contribution in [0.3, 0.4) is 0 Å². The molecule has 0 aliphatic carbocycles. The van der Waals surface area contributed by atoms with E-state index in [9.17, 15) is 4.79 Å². The first-order valence-corrected chi connectivity index (χ1v) is 9.72. The summed E-state index contributed by atoms with van der Waals surface area (Å²) in [7, 11) is 0. The van der Waals surface area contributed by atoms with Crippen molar-refractivity contribution in [1.82, 2.24) is 9.88 Å². The molecule has 0 unspecified atom stereocenters. The maximum absolute atomic E-state index is 12.4. The highest BCUT2D eigenvalue weighted by molar-refractivity contribution is 9.10. The lowest BCUT2D eigenvalue weighted by molar-refractivity contribution is 0.129. The molecular formula is C21H19BrN2O2. The molecule has 1 amide bonds. The zero-order chi connectivity index (χ0) is 17.8. The van der Waals surface area contributed by atoms with Crippen LogP contribution in [0.4, 0.5) is 4.79 Å². The predicted octanol–water partition coefficient (Wildman–Crippen LogP) is 4.90. The molecule has 0 spiro atoms. The Hall–Kier alpha value is -2.27. The monoisotopic (exact) mass is 410 g/mol. The van der Waals surface area contributed by atoms with Crippen molar-refractivity contribution in [3.8, 4) is 0 Å². The summed E-state index contributed by atoms with van der Waals surface area (Å²) in [6, 6.07) is 14.7. The fraction of sp³-hybridized carbons (Fsp3) is 0.286. The van der Waals surface area contributed by atoms with Crippen molar-refractivity contribution in [3.05, 3.63) is 69.3 Å². The molecule has 2 aliphatic heterocycles. The highest BCUT2D eigenvalue weighted by Gasteiger charge is 2.46. The Bertz CT molecular complexity index is 1010. The van der Waals surface area contributed by atoms with E-state index in [1.807, 2.05) is 11.0 Å². The van der Waals surface area contributed by atoms with Gasteiger partial charge >= 0.3 is 6.09 Å². The molecule has 5 heteroatoms. The molecule has 0 saturated carbocycles. The minimum atomic E-state index is -0.197. The summed E-state index contributed by atoms with van der Waals surface area (Å²) in [6.07, 6.45) is 1.22. The van der Waals surface area contributed by atoms with Gasteiger partial charge in [-0.2, -0.15) is 0 Å². The molecule has 1 aromatic heterocycles. The van der Waals surface area contributed by atoms with E-state index in [0.29, 0.717) is 6.54 Å². The first-order chi connectivity index (χ1) is 12.6. The van der Waals surface area contributed by atoms with E-state index in [2.05, 4.69) is 64.2 Å². The number of halogens is 1. The van der Waals surface area contributed by atoms with Gasteiger partial charge in [-0.25, -0.2) is 4.79 Å². The number of rotatable bonds is 2. The number of H-pyrrole nitrogens is 1. The quantitative estimate of drug-likeness (QED) is 0.652. The molecule has 4 nitrogen and oxygen atoms in total. The van der Waals surface area contributed by atoms with Crippen LogP contribution in [0.5, 0.6) is 0 Å². The number of aromatic amines is 1. The summed E-state index contributed by atoms with van der Waals surface area (Å²) in [5, 5.41) is 1.24. The third-order valence-corrected chi connectivity index (χ3v) is 6.03. The number of nitrogens with zero attached hydrogens (tertiary/aromatic N) is 1. The van der Waals surface area contributed by atoms with Crippen LogP contribution in [0.15, 0.2) is 46.9 Å². The van der Waals surface area contributed by atoms with E-state index in [1.54, 1.807) is 0 Å². The number of carbonyl (C=O) groups is 1. The van der Waals surface area contributed by atoms with Crippen molar-refractivity contribution in [2.24, 2.45) is 0 Å². The van der Waals surface area contributed by atoms with Crippen LogP contribution in [0.1, 0.15) is 28.4 Å². The topological polar surface area (TPSA) is 45.3 Å². The molecule has 2 atom stereocenters. The van der Waals surface area contributed by atoms with Crippen molar-refractivity contribution in [2.45, 2.75) is 31.9 Å². The highest BCUT2D eigenvalue weighted by Crippen LogP contribution is 2.42. The lowest BCUT2D eigenvalue weighted by Crippen LogP contribution is -2.36. The lowest BCUT2D eigenvalue weighted by Gasteiger charge is -2.29. The average Bonchev–Trinajstić information content (AvgIpc) is 3.14. The summed E-state index contributed by atoms with van der Waals surface area (Å²) in [4.78, 5) is 17.9. The minimum absolute atomic E-state index is 0.0428. The molecule has 0 bridgehead atoms. The first kappa shape index (κ1) is 15.9. The first-order valence-electron chi connectivity index (χ1n) is 8.93. The lowest BCUT2D eigenvalue weighted by atomic mass is 9.92. The van der Waals surface area contributed by atoms with Crippen LogP contribution in [0, 0.1) is 6.92 Å². The van der Waals surface area contributed by atoms with Gasteiger partial charge in [-0.15, -0.1) is 0 Å². The van der Waals surface area contributed by atoms with E-state index < -0.39 is 0 Å². The molecule has 5 rings (SSSR count). The van der Waals surface area contributed by atoms with Crippen molar-refractivity contribution >= 4 is 32.9 Å². The van der Waals surface area contributed by atoms with Crippen molar-refractivity contribution in [1.29, 1.82) is 0 Å². The molecule has 0 radical (unpaired) electrons. The van der Waals surface area contributed by atoms with Crippen LogP contribution in [0.2, 0.25) is 0 Å². The van der Waals surface area contributed by atoms with Crippen LogP contribution in [-0.2, 0) is 17.6 Å². The Morgan fingerprint density at radius 1 is 1.23 bits per heavy atom. The van der Waals surface area contributed by atoms with E-state index in [0.717, 1.165) is 28.5 Å². The predicted molar refractivity (Wildman–Crippen MR) is 104 cm³/mol. The molecule has 2 aromatic carbocycles. The van der Waals surface area contributed by atoms with Crippen molar-refractivity contribution in [3.63, 3.8) is 0 Å². The van der Waals surface area contributed by atoms with Gasteiger partial charge in [0.2, 0.25) is 0 Å². The Kier molecular flexibility index (Phi) is 3.60. The minimum Gasteiger partial charge on any atom is -0.443 e. The molecule has 1 saturated heterocycles. The summed E-state index contributed by atoms with van der Waals surface area (Å²) >= 11 is 3.57. The number of cyclic esters (lactones) is 1. The molecular weight excluding hydrogens is 392 g/mol. The molecule has 3 aromatic rings. The van der Waals surface area contributed by atoms with Gasteiger partial charge in [0.1, 0.15) is 12.1 Å². The number of fused-ring (bicyclic) bond motifs is 5. The van der Waals surface area contributed by atoms with Gasteiger partial charge < -0.3 is 9.72 Å². The van der Waals surface area contributed by atoms with Crippen LogP contribution in [-0.4, -0.2) is 28.6 Å². The van der Waals surface area contributed by atoms with E-state index >= 15 is 0 Å². The largest absolute Gasteiger partial charge is 0.443 e. The Labute approximate surface area is 160 Å². The SMILES string of the molecule is Cc1ccc(C[C@H]2OC(=O)N3CCc4c([nH]c5ccc(Br)cc45)[C@H]23)cc1. The Morgan fingerprint density at radius 2 is 2.04 bits per heavy atom. The van der Waals surface area contributed by atoms with E-state index in [-0.39, 0.29) is 18.2 Å². The molecule has 1 N–H and O–H groups in total. The summed E-state index contributed by atoms with van der Waals surface area (Å²) in [5.74, 6) is 0. The van der Waals surface area contributed by atoms with Crippen molar-refractivity contribution in [2.75, 3.05) is 6.54 Å². The molecule has 1 fully saturated rings. The van der Waals surface area contributed by atoms with E-state index in [1.165, 1.54) is 22.1 Å². The summed E-state index contributed by atoms with van der Waals surface area (Å²) in [6.45, 7) is 2.79. The van der Waals surface area contributed by atoms with Gasteiger partial charge in [0.25, 0.3) is 0 Å². The fourth-order valence-corrected chi connectivity index (χ4v) is 4.61. The van der Waals surface area contributed by atoms with E-state index in [4.69, 9.17) is 4.74 Å². The fourth-order valence-electron chi connectivity index (χ4n) is 4.25. The molecule has 26 heavy (non-hydrogen) atoms. The van der Waals surface area contributed by atoms with Gasteiger partial charge in [0.15, 0.2) is 0 Å². The van der Waals surface area contributed by atoms with Crippen LogP contribution < -0.4 is 0 Å². The van der Waals surface area contributed by atoms with Gasteiger partial charge in [-0.1, -0.05) is 45.8 Å². The molecule has 132 valence electrons. The normalized spacial score (nSPS) is 21.6. The number of hydrogen-bond acceptors (Lipinski definition) is 2. The summed E-state index contributed by atoms with van der Waals surface area (Å²) < 4.78 is 6.85. The maximum atomic E-state index is 12.4. The zero-order valence-corrected chi connectivity index (χ0v) is 16.0. The van der Waals surface area contributed by atoms with Crippen molar-refractivity contribution < 1.29 is 9.53 Å². The Balaban J connectivity index is 1.56. The second-order valence-corrected chi connectivity index (χ2v) is 8.12.